The monoisotopic (exact) mass is 382 g/mol. The van der Waals surface area contributed by atoms with E-state index in [1.165, 1.54) is 4.90 Å². The van der Waals surface area contributed by atoms with E-state index < -0.39 is 15.9 Å². The lowest BCUT2D eigenvalue weighted by Crippen LogP contribution is -2.48. The molecule has 0 radical (unpaired) electrons. The summed E-state index contributed by atoms with van der Waals surface area (Å²) in [5, 5.41) is 2.79. The van der Waals surface area contributed by atoms with E-state index in [-0.39, 0.29) is 24.0 Å². The number of rotatable bonds is 10. The normalized spacial score (nSPS) is 15.0. The largest absolute Gasteiger partial charge is 0.382 e. The topological polar surface area (TPSA) is 92.8 Å². The van der Waals surface area contributed by atoms with E-state index in [1.807, 2.05) is 19.1 Å². The van der Waals surface area contributed by atoms with Crippen LogP contribution in [0.5, 0.6) is 0 Å². The van der Waals surface area contributed by atoms with Crippen molar-refractivity contribution in [1.82, 2.24) is 10.2 Å². The molecule has 0 unspecified atom stereocenters. The first kappa shape index (κ1) is 20.4. The van der Waals surface area contributed by atoms with Gasteiger partial charge in [0.1, 0.15) is 15.9 Å². The number of amides is 2. The van der Waals surface area contributed by atoms with Gasteiger partial charge in [0.15, 0.2) is 0 Å². The highest BCUT2D eigenvalue weighted by molar-refractivity contribution is 7.90. The van der Waals surface area contributed by atoms with Crippen LogP contribution in [0.1, 0.15) is 35.7 Å². The third kappa shape index (κ3) is 5.54. The standard InChI is InChI=1S/C18H26N2O5S/c1-3-25-11-6-10-19-17(21)16(9-12-26(2,23)24)20-13-14-7-4-5-8-15(14)18(20)22/h4-5,7-8,16H,3,6,9-13H2,1-2H3,(H,19,21)/t16-/m1/s1. The van der Waals surface area contributed by atoms with Gasteiger partial charge in [0.2, 0.25) is 5.91 Å². The fraction of sp³-hybridized carbons (Fsp3) is 0.556. The predicted molar refractivity (Wildman–Crippen MR) is 98.6 cm³/mol. The van der Waals surface area contributed by atoms with Crippen LogP contribution in [-0.2, 0) is 25.9 Å². The number of sulfone groups is 1. The first-order valence-electron chi connectivity index (χ1n) is 8.75. The van der Waals surface area contributed by atoms with Crippen molar-refractivity contribution in [3.8, 4) is 0 Å². The number of ether oxygens (including phenoxy) is 1. The first-order valence-corrected chi connectivity index (χ1v) is 10.8. The second-order valence-electron chi connectivity index (χ2n) is 6.37. The van der Waals surface area contributed by atoms with Crippen LogP contribution >= 0.6 is 0 Å². The maximum atomic E-state index is 12.7. The Hall–Kier alpha value is -1.93. The summed E-state index contributed by atoms with van der Waals surface area (Å²) in [6.07, 6.45) is 1.87. The lowest BCUT2D eigenvalue weighted by atomic mass is 10.1. The fourth-order valence-electron chi connectivity index (χ4n) is 2.93. The van der Waals surface area contributed by atoms with Crippen LogP contribution in [0.4, 0.5) is 0 Å². The molecule has 26 heavy (non-hydrogen) atoms. The maximum absolute atomic E-state index is 12.7. The van der Waals surface area contributed by atoms with Gasteiger partial charge in [-0.2, -0.15) is 0 Å². The lowest BCUT2D eigenvalue weighted by molar-refractivity contribution is -0.125. The van der Waals surface area contributed by atoms with Gasteiger partial charge in [-0.15, -0.1) is 0 Å². The van der Waals surface area contributed by atoms with E-state index in [1.54, 1.807) is 12.1 Å². The third-order valence-corrected chi connectivity index (χ3v) is 5.24. The fourth-order valence-corrected chi connectivity index (χ4v) is 3.58. The van der Waals surface area contributed by atoms with Gasteiger partial charge < -0.3 is 15.0 Å². The molecule has 1 aromatic carbocycles. The van der Waals surface area contributed by atoms with E-state index in [0.29, 0.717) is 38.3 Å². The molecule has 0 bridgehead atoms. The van der Waals surface area contributed by atoms with Crippen LogP contribution in [0.2, 0.25) is 0 Å². The van der Waals surface area contributed by atoms with E-state index in [4.69, 9.17) is 4.74 Å². The minimum atomic E-state index is -3.24. The molecule has 1 aliphatic heterocycles. The molecule has 1 N–H and O–H groups in total. The number of hydrogen-bond donors (Lipinski definition) is 1. The van der Waals surface area contributed by atoms with Crippen molar-refractivity contribution in [1.29, 1.82) is 0 Å². The van der Waals surface area contributed by atoms with Crippen LogP contribution < -0.4 is 5.32 Å². The van der Waals surface area contributed by atoms with Crippen LogP contribution in [-0.4, -0.2) is 62.9 Å². The third-order valence-electron chi connectivity index (χ3n) is 4.26. The summed E-state index contributed by atoms with van der Waals surface area (Å²) in [4.78, 5) is 26.8. The predicted octanol–water partition coefficient (Wildman–Crippen LogP) is 0.989. The van der Waals surface area contributed by atoms with Gasteiger partial charge in [0, 0.05) is 38.1 Å². The molecule has 0 aliphatic carbocycles. The molecule has 0 aromatic heterocycles. The number of carbonyl (C=O) groups is 2. The van der Waals surface area contributed by atoms with E-state index in [0.717, 1.165) is 11.8 Å². The minimum absolute atomic E-state index is 0.0792. The Morgan fingerprint density at radius 2 is 2.08 bits per heavy atom. The Balaban J connectivity index is 2.06. The average molecular weight is 382 g/mol. The second-order valence-corrected chi connectivity index (χ2v) is 8.63. The van der Waals surface area contributed by atoms with Crippen LogP contribution in [0, 0.1) is 0 Å². The quantitative estimate of drug-likeness (QED) is 0.609. The number of nitrogens with zero attached hydrogens (tertiary/aromatic N) is 1. The van der Waals surface area contributed by atoms with Crippen LogP contribution in [0.3, 0.4) is 0 Å². The van der Waals surface area contributed by atoms with Crippen molar-refractivity contribution in [3.05, 3.63) is 35.4 Å². The number of hydrogen-bond acceptors (Lipinski definition) is 5. The zero-order valence-electron chi connectivity index (χ0n) is 15.2. The van der Waals surface area contributed by atoms with Crippen molar-refractivity contribution in [2.75, 3.05) is 31.8 Å². The van der Waals surface area contributed by atoms with E-state index in [9.17, 15) is 18.0 Å². The number of fused-ring (bicyclic) bond motifs is 1. The smallest absolute Gasteiger partial charge is 0.255 e. The summed E-state index contributed by atoms with van der Waals surface area (Å²) in [6, 6.07) is 6.39. The molecule has 7 nitrogen and oxygen atoms in total. The highest BCUT2D eigenvalue weighted by Crippen LogP contribution is 2.25. The Bertz CT molecular complexity index is 748. The molecule has 1 atom stereocenters. The van der Waals surface area contributed by atoms with Gasteiger partial charge in [0.25, 0.3) is 5.91 Å². The van der Waals surface area contributed by atoms with Gasteiger partial charge in [0.05, 0.1) is 5.75 Å². The molecule has 2 rings (SSSR count). The summed E-state index contributed by atoms with van der Waals surface area (Å²) in [5.74, 6) is -0.709. The van der Waals surface area contributed by atoms with Crippen molar-refractivity contribution in [3.63, 3.8) is 0 Å². The summed E-state index contributed by atoms with van der Waals surface area (Å²) < 4.78 is 28.3. The number of benzene rings is 1. The van der Waals surface area contributed by atoms with Crippen molar-refractivity contribution in [2.24, 2.45) is 0 Å². The highest BCUT2D eigenvalue weighted by Gasteiger charge is 2.36. The van der Waals surface area contributed by atoms with Gasteiger partial charge in [-0.3, -0.25) is 9.59 Å². The molecule has 1 heterocycles. The molecule has 144 valence electrons. The summed E-state index contributed by atoms with van der Waals surface area (Å²) in [6.45, 7) is 3.79. The Labute approximate surface area is 154 Å². The lowest BCUT2D eigenvalue weighted by Gasteiger charge is -2.26. The Morgan fingerprint density at radius 3 is 2.73 bits per heavy atom. The van der Waals surface area contributed by atoms with Gasteiger partial charge >= 0.3 is 0 Å². The highest BCUT2D eigenvalue weighted by atomic mass is 32.2. The van der Waals surface area contributed by atoms with E-state index in [2.05, 4.69) is 5.32 Å². The zero-order valence-corrected chi connectivity index (χ0v) is 16.0. The van der Waals surface area contributed by atoms with E-state index >= 15 is 0 Å². The molecule has 0 saturated carbocycles. The van der Waals surface area contributed by atoms with Crippen LogP contribution in [0.15, 0.2) is 24.3 Å². The summed E-state index contributed by atoms with van der Waals surface area (Å²) >= 11 is 0. The molecular weight excluding hydrogens is 356 g/mol. The zero-order chi connectivity index (χ0) is 19.2. The number of carbonyl (C=O) groups excluding carboxylic acids is 2. The average Bonchev–Trinajstić information content (AvgIpc) is 2.91. The Kier molecular flexibility index (Phi) is 7.16. The van der Waals surface area contributed by atoms with Crippen molar-refractivity contribution < 1.29 is 22.7 Å². The molecule has 8 heteroatoms. The minimum Gasteiger partial charge on any atom is -0.382 e. The molecule has 0 fully saturated rings. The molecule has 1 aromatic rings. The summed E-state index contributed by atoms with van der Waals surface area (Å²) in [5.41, 5.74) is 1.42. The van der Waals surface area contributed by atoms with Gasteiger partial charge in [-0.25, -0.2) is 8.42 Å². The molecule has 0 saturated heterocycles. The van der Waals surface area contributed by atoms with Crippen LogP contribution in [0.25, 0.3) is 0 Å². The molecular formula is C18H26N2O5S. The molecule has 0 spiro atoms. The SMILES string of the molecule is CCOCCCNC(=O)[C@@H](CCS(C)(=O)=O)N1Cc2ccccc2C1=O. The number of nitrogens with one attached hydrogen (secondary N) is 1. The maximum Gasteiger partial charge on any atom is 0.255 e. The summed E-state index contributed by atoms with van der Waals surface area (Å²) in [7, 11) is -3.24. The van der Waals surface area contributed by atoms with Crippen molar-refractivity contribution in [2.45, 2.75) is 32.4 Å². The first-order chi connectivity index (χ1) is 12.3. The molecule has 2 amide bonds. The van der Waals surface area contributed by atoms with Crippen molar-refractivity contribution >= 4 is 21.7 Å². The second kappa shape index (κ2) is 9.14. The molecule has 1 aliphatic rings. The Morgan fingerprint density at radius 1 is 1.35 bits per heavy atom. The van der Waals surface area contributed by atoms with Gasteiger partial charge in [-0.05, 0) is 31.4 Å². The van der Waals surface area contributed by atoms with Gasteiger partial charge in [-0.1, -0.05) is 18.2 Å².